The second kappa shape index (κ2) is 17.7. The van der Waals surface area contributed by atoms with E-state index >= 15 is 0 Å². The van der Waals surface area contributed by atoms with E-state index in [0.29, 0.717) is 0 Å². The van der Waals surface area contributed by atoms with Gasteiger partial charge in [-0.05, 0) is 0 Å². The number of hydrogen-bond donors (Lipinski definition) is 1. The molecule has 6 nitrogen and oxygen atoms in total. The van der Waals surface area contributed by atoms with Gasteiger partial charge in [0.05, 0.1) is 0 Å². The van der Waals surface area contributed by atoms with Gasteiger partial charge in [-0.1, -0.05) is 0 Å². The first kappa shape index (κ1) is 23.0. The van der Waals surface area contributed by atoms with Gasteiger partial charge in [-0.25, -0.2) is 0 Å². The van der Waals surface area contributed by atoms with Crippen molar-refractivity contribution in [1.82, 2.24) is 0 Å². The Morgan fingerprint density at radius 3 is 1.18 bits per heavy atom. The zero-order chi connectivity index (χ0) is 7.86. The third-order valence-corrected chi connectivity index (χ3v) is 1.00. The molecule has 0 aliphatic rings. The van der Waals surface area contributed by atoms with Gasteiger partial charge in [0.15, 0.2) is 0 Å². The zero-order valence-electron chi connectivity index (χ0n) is 6.01. The second-order valence-electron chi connectivity index (χ2n) is 0.544. The summed E-state index contributed by atoms with van der Waals surface area (Å²) in [7, 11) is -5.90. The van der Waals surface area contributed by atoms with E-state index in [4.69, 9.17) is 22.3 Å². The minimum Gasteiger partial charge on any atom is -0.763 e. The summed E-state index contributed by atoms with van der Waals surface area (Å²) in [6.07, 6.45) is 0.250. The van der Waals surface area contributed by atoms with Gasteiger partial charge in [0.25, 0.3) is 0 Å². The fourth-order valence-corrected chi connectivity index (χ4v) is 0. The molecule has 2 N–H and O–H groups in total. The van der Waals surface area contributed by atoms with Gasteiger partial charge in [-0.15, -0.1) is 0 Å². The summed E-state index contributed by atoms with van der Waals surface area (Å²) in [5, 5.41) is 0. The molecule has 2 atom stereocenters. The molecule has 0 radical (unpaired) electrons. The molecule has 1 amide bonds. The summed E-state index contributed by atoms with van der Waals surface area (Å²) in [5.74, 6) is 0. The quantitative estimate of drug-likeness (QED) is 0.203. The van der Waals surface area contributed by atoms with Gasteiger partial charge >= 0.3 is 59.1 Å². The predicted octanol–water partition coefficient (Wildman–Crippen LogP) is -8.23. The predicted molar refractivity (Wildman–Crippen MR) is 28.1 cm³/mol. The van der Waals surface area contributed by atoms with Gasteiger partial charge in [-0.2, -0.15) is 0 Å². The standard InChI is InChI=1S/CH3NO.2Na.H2O4S2/c2-1-3;;;1-5(2)6(3)4/h1H,(H2,2,3);;;(H,1,2)(H,3,4)/q;2*+1;/p-2. The van der Waals surface area contributed by atoms with Crippen molar-refractivity contribution in [3.8, 4) is 0 Å². The fraction of sp³-hybridized carbons (Fsp3) is 0. The van der Waals surface area contributed by atoms with E-state index in [9.17, 15) is 0 Å². The number of nitrogens with two attached hydrogens (primary N) is 1. The molecule has 0 aromatic rings. The van der Waals surface area contributed by atoms with Crippen LogP contribution >= 0.6 is 0 Å². The third-order valence-electron chi connectivity index (χ3n) is 0.111. The number of carbonyl (C=O) groups is 1. The molecule has 0 aliphatic heterocycles. The van der Waals surface area contributed by atoms with Crippen LogP contribution in [0.4, 0.5) is 0 Å². The van der Waals surface area contributed by atoms with Crippen molar-refractivity contribution in [2.45, 2.75) is 0 Å². The van der Waals surface area contributed by atoms with Crippen LogP contribution < -0.4 is 64.8 Å². The minimum atomic E-state index is -2.95. The summed E-state index contributed by atoms with van der Waals surface area (Å²) in [6, 6.07) is 0. The maximum absolute atomic E-state index is 9.09. The number of carbonyl (C=O) groups excluding carboxylic acids is 1. The monoisotopic (exact) mass is 219 g/mol. The topological polar surface area (TPSA) is 123 Å². The second-order valence-corrected chi connectivity index (χ2v) is 2.99. The molecule has 0 aromatic carbocycles. The van der Waals surface area contributed by atoms with E-state index in [1.165, 1.54) is 0 Å². The molecular formula is CH3NNa2O5S2. The van der Waals surface area contributed by atoms with E-state index in [1.54, 1.807) is 0 Å². The largest absolute Gasteiger partial charge is 1.00 e. The van der Waals surface area contributed by atoms with Crippen LogP contribution in [-0.2, 0) is 25.0 Å². The van der Waals surface area contributed by atoms with Crippen LogP contribution in [0.15, 0.2) is 0 Å². The molecular weight excluding hydrogens is 216 g/mol. The van der Waals surface area contributed by atoms with Crippen molar-refractivity contribution in [3.05, 3.63) is 0 Å². The number of rotatable bonds is 1. The van der Waals surface area contributed by atoms with Crippen LogP contribution in [0.2, 0.25) is 0 Å². The van der Waals surface area contributed by atoms with Crippen LogP contribution in [-0.4, -0.2) is 23.9 Å². The smallest absolute Gasteiger partial charge is 0.763 e. The molecule has 0 bridgehead atoms. The molecule has 56 valence electrons. The van der Waals surface area contributed by atoms with Crippen LogP contribution in [0.25, 0.3) is 0 Å². The Morgan fingerprint density at radius 2 is 1.18 bits per heavy atom. The summed E-state index contributed by atoms with van der Waals surface area (Å²) >= 11 is 0. The first-order valence-corrected chi connectivity index (χ1v) is 4.07. The Bertz CT molecular complexity index is 118. The number of amides is 1. The molecule has 2 unspecified atom stereocenters. The summed E-state index contributed by atoms with van der Waals surface area (Å²) in [5.41, 5.74) is 4.17. The molecule has 0 aromatic heterocycles. The van der Waals surface area contributed by atoms with Gasteiger partial charge in [0.2, 0.25) is 6.41 Å². The molecule has 0 saturated carbocycles. The molecule has 11 heavy (non-hydrogen) atoms. The van der Waals surface area contributed by atoms with Crippen LogP contribution in [0.3, 0.4) is 0 Å². The first-order chi connectivity index (χ1) is 4.06. The zero-order valence-corrected chi connectivity index (χ0v) is 11.6. The van der Waals surface area contributed by atoms with Crippen molar-refractivity contribution in [2.75, 3.05) is 0 Å². The van der Waals surface area contributed by atoms with Gasteiger partial charge in [0, 0.05) is 20.2 Å². The van der Waals surface area contributed by atoms with Gasteiger partial charge in [-0.3, -0.25) is 13.2 Å². The molecule has 0 aliphatic carbocycles. The van der Waals surface area contributed by atoms with E-state index in [2.05, 4.69) is 5.73 Å². The molecule has 0 spiro atoms. The fourth-order valence-electron chi connectivity index (χ4n) is 0. The molecule has 0 heterocycles. The molecule has 0 rings (SSSR count). The summed E-state index contributed by atoms with van der Waals surface area (Å²) in [4.78, 5) is 8.58. The number of primary amides is 1. The Balaban J connectivity index is -0.0000000437. The SMILES string of the molecule is NC=O.O=S([O-])S(=O)[O-].[Na+].[Na+]. The Morgan fingerprint density at radius 1 is 1.09 bits per heavy atom. The Kier molecular flexibility index (Phi) is 36.9. The third kappa shape index (κ3) is 33.9. The first-order valence-electron chi connectivity index (χ1n) is 1.40. The van der Waals surface area contributed by atoms with E-state index < -0.39 is 20.2 Å². The van der Waals surface area contributed by atoms with Crippen molar-refractivity contribution in [1.29, 1.82) is 0 Å². The Hall–Kier alpha value is 1.69. The summed E-state index contributed by atoms with van der Waals surface area (Å²) < 4.78 is 36.3. The van der Waals surface area contributed by atoms with E-state index in [0.717, 1.165) is 0 Å². The van der Waals surface area contributed by atoms with Crippen molar-refractivity contribution in [3.63, 3.8) is 0 Å². The summed E-state index contributed by atoms with van der Waals surface area (Å²) in [6.45, 7) is 0. The van der Waals surface area contributed by atoms with Crippen molar-refractivity contribution >= 4 is 26.6 Å². The number of hydrogen-bond acceptors (Lipinski definition) is 5. The van der Waals surface area contributed by atoms with E-state index in [1.807, 2.05) is 0 Å². The molecule has 0 saturated heterocycles. The van der Waals surface area contributed by atoms with E-state index in [-0.39, 0.29) is 65.5 Å². The van der Waals surface area contributed by atoms with Crippen LogP contribution in [0, 0.1) is 0 Å². The van der Waals surface area contributed by atoms with Crippen molar-refractivity contribution < 1.29 is 81.4 Å². The average Bonchev–Trinajstić information content (AvgIpc) is 1.68. The van der Waals surface area contributed by atoms with Gasteiger partial charge < -0.3 is 14.8 Å². The molecule has 10 heteroatoms. The van der Waals surface area contributed by atoms with Crippen LogP contribution in [0.1, 0.15) is 0 Å². The average molecular weight is 219 g/mol. The maximum atomic E-state index is 9.09. The van der Waals surface area contributed by atoms with Crippen LogP contribution in [0.5, 0.6) is 0 Å². The molecule has 0 fully saturated rings. The maximum Gasteiger partial charge on any atom is 1.00 e. The van der Waals surface area contributed by atoms with Crippen molar-refractivity contribution in [2.24, 2.45) is 5.73 Å². The normalized spacial score (nSPS) is 11.8. The Labute approximate surface area is 112 Å². The van der Waals surface area contributed by atoms with Gasteiger partial charge in [0.1, 0.15) is 0 Å². The minimum absolute atomic E-state index is 0.